The number of rotatable bonds is 43. The number of ether oxygens (including phenoxy) is 1. The summed E-state index contributed by atoms with van der Waals surface area (Å²) >= 11 is 0. The summed E-state index contributed by atoms with van der Waals surface area (Å²) < 4.78 is 137. The van der Waals surface area contributed by atoms with Crippen molar-refractivity contribution >= 4 is 73.4 Å². The van der Waals surface area contributed by atoms with Crippen molar-refractivity contribution in [3.63, 3.8) is 0 Å². The molecule has 0 aliphatic carbocycles. The maximum absolute atomic E-state index is 14.1. The number of guanidine groups is 2. The molecule has 5 rings (SSSR count). The van der Waals surface area contributed by atoms with Gasteiger partial charge in [-0.1, -0.05) is 151 Å². The molecule has 0 heterocycles. The summed E-state index contributed by atoms with van der Waals surface area (Å²) in [7, 11) is 0. The molecule has 98 heavy (non-hydrogen) atoms. The third-order valence-corrected chi connectivity index (χ3v) is 14.2. The number of primary amides is 2. The number of carbonyl (C=O) groups is 9. The quantitative estimate of drug-likeness (QED) is 0.0114. The van der Waals surface area contributed by atoms with Gasteiger partial charge in [-0.15, -0.1) is 0 Å². The Hall–Kier alpha value is -9.30. The van der Waals surface area contributed by atoms with Crippen molar-refractivity contribution in [1.29, 1.82) is 0 Å². The van der Waals surface area contributed by atoms with E-state index < -0.39 is 198 Å². The van der Waals surface area contributed by atoms with Crippen LogP contribution in [-0.4, -0.2) is 136 Å². The van der Waals surface area contributed by atoms with Crippen molar-refractivity contribution in [1.82, 2.24) is 26.6 Å². The molecule has 0 unspecified atom stereocenters. The number of aliphatic imine (C=N–C) groups is 2. The third-order valence-electron chi connectivity index (χ3n) is 14.2. The molecule has 28 heteroatoms. The SMILES string of the molecule is [2H]c1c([2H])c([2H])c(C([2H])([2H])[C@]([2H])(N)C(=O)N[C@H](CCCN=C(N)N)C(=O)C[C@@H](Cc2ccccc2)C(=O)N[C@@H](CCCCN)C(N)=O)c([2H])c1[2H].[2H]c1c([2H])c([2H])c(C([2H])([2H])[C@]([2H])(N)C(=O)N[C@H](CCCN=C(N)N)C(=O)C[C@@H](Cc2ccccc2)C(=O)N[C@@H](CCCCNC(=O)OCc2ccccc2)C(N)=O)c([2H])c1[2H].[B].[W]. The van der Waals surface area contributed by atoms with Crippen molar-refractivity contribution in [2.24, 2.45) is 73.4 Å². The van der Waals surface area contributed by atoms with Crippen LogP contribution in [0.2, 0.25) is 0 Å². The van der Waals surface area contributed by atoms with E-state index in [4.69, 9.17) is 78.3 Å². The Labute approximate surface area is 613 Å². The summed E-state index contributed by atoms with van der Waals surface area (Å²) in [5, 5.41) is 12.4. The smallest absolute Gasteiger partial charge is 0.407 e. The number of carbonyl (C=O) groups excluding carboxylic acids is 9. The maximum atomic E-state index is 14.1. The summed E-state index contributed by atoms with van der Waals surface area (Å²) in [6.45, 7) is 0.658. The summed E-state index contributed by atoms with van der Waals surface area (Å²) in [6.07, 6.45) is -6.44. The van der Waals surface area contributed by atoms with Gasteiger partial charge in [0.05, 0.1) is 40.6 Å². The fourth-order valence-electron chi connectivity index (χ4n) is 9.28. The van der Waals surface area contributed by atoms with Crippen LogP contribution >= 0.6 is 0 Å². The number of nitrogens with two attached hydrogens (primary N) is 9. The van der Waals surface area contributed by atoms with Crippen LogP contribution in [0.25, 0.3) is 0 Å². The molecule has 7 amide bonds. The molecule has 23 N–H and O–H groups in total. The Kier molecular flexibility index (Phi) is 30.2. The number of nitrogens with one attached hydrogen (secondary N) is 5. The number of hydrogen-bond donors (Lipinski definition) is 14. The minimum Gasteiger partial charge on any atom is -0.445 e. The van der Waals surface area contributed by atoms with E-state index in [9.17, 15) is 43.2 Å². The van der Waals surface area contributed by atoms with Crippen LogP contribution in [0.1, 0.15) is 127 Å². The zero-order valence-electron chi connectivity index (χ0n) is 70.2. The van der Waals surface area contributed by atoms with Gasteiger partial charge in [0.15, 0.2) is 23.5 Å². The predicted octanol–water partition coefficient (Wildman–Crippen LogP) is 1.61. The van der Waals surface area contributed by atoms with Gasteiger partial charge in [-0.25, -0.2) is 4.79 Å². The van der Waals surface area contributed by atoms with E-state index in [1.165, 1.54) is 0 Å². The molecule has 26 nitrogen and oxygen atoms in total. The summed E-state index contributed by atoms with van der Waals surface area (Å²) in [5.74, 6) is -10.3. The first kappa shape index (κ1) is 61.1. The van der Waals surface area contributed by atoms with Gasteiger partial charge in [0.1, 0.15) is 18.7 Å². The number of ketones is 2. The Morgan fingerprint density at radius 3 is 1.19 bits per heavy atom. The van der Waals surface area contributed by atoms with E-state index in [1.807, 2.05) is 30.3 Å². The molecule has 0 aliphatic heterocycles. The Bertz CT molecular complexity index is 4110. The van der Waals surface area contributed by atoms with Crippen LogP contribution in [0, 0.1) is 11.8 Å². The molecule has 527 valence electrons. The van der Waals surface area contributed by atoms with Crippen molar-refractivity contribution < 1.29 is 90.9 Å². The zero-order valence-corrected chi connectivity index (χ0v) is 57.2. The molecule has 0 fully saturated rings. The van der Waals surface area contributed by atoms with E-state index in [2.05, 4.69) is 36.6 Å². The normalized spacial score (nSPS) is 16.3. The van der Waals surface area contributed by atoms with Crippen molar-refractivity contribution in [3.8, 4) is 0 Å². The van der Waals surface area contributed by atoms with E-state index in [-0.39, 0.29) is 119 Å². The van der Waals surface area contributed by atoms with Crippen molar-refractivity contribution in [2.75, 3.05) is 26.2 Å². The molecule has 5 aromatic rings. The number of Topliss-reactive ketones (excluding diaryl/α,β-unsaturated/α-hetero) is 2. The fraction of sp³-hybridized carbons (Fsp3) is 0.414. The number of alkyl carbamates (subject to hydrolysis) is 1. The largest absolute Gasteiger partial charge is 0.445 e. The molecular formula is C70H98BN16O10W. The standard InChI is InChI=1S/C39H52N8O6.C31H46N8O4.B.W/c40-31(24-28-15-6-2-7-16-28)37(51)46-32(20-12-22-44-38(42)43)34(48)25-30(23-27-13-4-1-5-14-27)36(50)47-33(35(41)49)19-10-11-21-45-39(52)53-26-29-17-8-3-9-18-29;32-16-8-7-14-26(28(34)41)39-29(42)23(18-21-10-3-1-4-11-21)20-27(40)25(15-9-17-37-31(35)36)38-30(43)24(33)19-22-12-5-2-6-13-22;;/h1-9,13-18,30-33H,10-12,19-26,40H2,(H2,41,49)(H,45,52)(H,46,51)(H,47,50)(H4,42,43,44);1-6,10-13,23-26H,7-9,14-20,32-33H2,(H2,34,41)(H,38,43)(H,39,42)(H4,35,36,37);;/t30-,31+,32-,33+;23-,24+,25-,26+;;/m11../s1/i2D,6D,7D,15D,16D,24D2,31D;2D,5D,6D,12D,13D,19D2,24D;;. The van der Waals surface area contributed by atoms with Crippen LogP contribution in [0.15, 0.2) is 161 Å². The molecule has 5 aromatic carbocycles. The van der Waals surface area contributed by atoms with Gasteiger partial charge in [-0.05, 0) is 124 Å². The Morgan fingerprint density at radius 2 is 0.827 bits per heavy atom. The molecule has 0 saturated heterocycles. The first-order chi connectivity index (χ1) is 52.5. The van der Waals surface area contributed by atoms with Gasteiger partial charge in [0, 0.05) is 79.3 Å². The third kappa shape index (κ3) is 35.1. The second-order valence-corrected chi connectivity index (χ2v) is 21.8. The molecule has 0 saturated carbocycles. The first-order valence-electron chi connectivity index (χ1n) is 38.9. The monoisotopic (exact) mass is 1530 g/mol. The maximum Gasteiger partial charge on any atom is 0.407 e. The molecule has 0 aromatic heterocycles. The number of hydrogen-bond acceptors (Lipinski definition) is 15. The van der Waals surface area contributed by atoms with Gasteiger partial charge >= 0.3 is 6.09 Å². The number of benzene rings is 5. The van der Waals surface area contributed by atoms with Crippen LogP contribution in [0.5, 0.6) is 0 Å². The van der Waals surface area contributed by atoms with Crippen LogP contribution in [0.4, 0.5) is 4.79 Å². The molecule has 8 atom stereocenters. The average Bonchev–Trinajstić information content (AvgIpc) is 0.745. The van der Waals surface area contributed by atoms with Crippen LogP contribution in [-0.2, 0) is 96.4 Å². The van der Waals surface area contributed by atoms with Gasteiger partial charge in [0.2, 0.25) is 35.4 Å². The molecule has 0 aliphatic rings. The Balaban J connectivity index is 0.000000772. The van der Waals surface area contributed by atoms with E-state index in [1.54, 1.807) is 60.7 Å². The number of nitrogens with zero attached hydrogens (tertiary/aromatic N) is 2. The average molecular weight is 1530 g/mol. The van der Waals surface area contributed by atoms with Crippen molar-refractivity contribution in [2.45, 2.75) is 145 Å². The zero-order chi connectivity index (χ0) is 84.2. The molecule has 0 spiro atoms. The number of amides is 7. The second-order valence-electron chi connectivity index (χ2n) is 21.8. The Morgan fingerprint density at radius 1 is 0.469 bits per heavy atom. The van der Waals surface area contributed by atoms with Crippen LogP contribution in [0.3, 0.4) is 0 Å². The van der Waals surface area contributed by atoms with Gasteiger partial charge in [0.25, 0.3) is 0 Å². The number of unbranched alkanes of at least 4 members (excludes halogenated alkanes) is 2. The minimum absolute atomic E-state index is 0. The second kappa shape index (κ2) is 48.4. The summed E-state index contributed by atoms with van der Waals surface area (Å²) in [4.78, 5) is 127. The van der Waals surface area contributed by atoms with Gasteiger partial charge in [-0.2, -0.15) is 0 Å². The molecule has 0 bridgehead atoms. The van der Waals surface area contributed by atoms with Crippen molar-refractivity contribution in [3.05, 3.63) is 179 Å². The minimum atomic E-state index is -3.41. The first-order valence-corrected chi connectivity index (χ1v) is 30.9. The van der Waals surface area contributed by atoms with Gasteiger partial charge < -0.3 is 82.9 Å². The molecule has 3 radical (unpaired) electrons. The summed E-state index contributed by atoms with van der Waals surface area (Å²) in [5.41, 5.74) is 50.3. The van der Waals surface area contributed by atoms with E-state index >= 15 is 0 Å². The molecular weight excluding hydrogens is 1420 g/mol. The van der Waals surface area contributed by atoms with E-state index in [0.29, 0.717) is 43.4 Å². The van der Waals surface area contributed by atoms with E-state index in [0.717, 1.165) is 5.56 Å². The predicted molar refractivity (Wildman–Crippen MR) is 376 cm³/mol. The topological polar surface area (TPSA) is 482 Å². The van der Waals surface area contributed by atoms with Crippen LogP contribution < -0.4 is 78.2 Å². The fourth-order valence-corrected chi connectivity index (χ4v) is 9.28. The van der Waals surface area contributed by atoms with Gasteiger partial charge in [-0.3, -0.25) is 48.3 Å². The summed E-state index contributed by atoms with van der Waals surface area (Å²) in [6, 6.07) is 5.16.